The van der Waals surface area contributed by atoms with E-state index in [-0.39, 0.29) is 6.10 Å². The molecule has 98 valence electrons. The van der Waals surface area contributed by atoms with Crippen LogP contribution in [0.5, 0.6) is 5.75 Å². The van der Waals surface area contributed by atoms with Crippen LogP contribution >= 0.6 is 12.2 Å². The van der Waals surface area contributed by atoms with E-state index in [2.05, 4.69) is 5.32 Å². The Labute approximate surface area is 112 Å². The molecule has 1 atom stereocenters. The predicted molar refractivity (Wildman–Crippen MR) is 76.3 cm³/mol. The summed E-state index contributed by atoms with van der Waals surface area (Å²) in [5.74, 6) is 0.782. The minimum absolute atomic E-state index is 0.274. The van der Waals surface area contributed by atoms with Crippen LogP contribution in [0.1, 0.15) is 18.4 Å². The van der Waals surface area contributed by atoms with Crippen LogP contribution in [-0.4, -0.2) is 31.4 Å². The third-order valence-corrected chi connectivity index (χ3v) is 3.26. The summed E-state index contributed by atoms with van der Waals surface area (Å²) in [4.78, 5) is 0.382. The highest BCUT2D eigenvalue weighted by molar-refractivity contribution is 7.80. The maximum Gasteiger partial charge on any atom is 0.120 e. The number of benzene rings is 1. The minimum atomic E-state index is 0.274. The SMILES string of the molecule is COc1ccc(C(N)=S)c(NCC2CCCO2)c1. The molecule has 1 heterocycles. The van der Waals surface area contributed by atoms with Crippen molar-refractivity contribution in [1.29, 1.82) is 0 Å². The number of nitrogens with two attached hydrogens (primary N) is 1. The molecule has 0 saturated carbocycles. The summed E-state index contributed by atoms with van der Waals surface area (Å²) in [7, 11) is 1.64. The molecular formula is C13H18N2O2S. The molecule has 1 fully saturated rings. The lowest BCUT2D eigenvalue weighted by Crippen LogP contribution is -2.21. The van der Waals surface area contributed by atoms with E-state index in [1.165, 1.54) is 0 Å². The van der Waals surface area contributed by atoms with Crippen LogP contribution in [0.3, 0.4) is 0 Å². The monoisotopic (exact) mass is 266 g/mol. The Kier molecular flexibility index (Phi) is 4.38. The lowest BCUT2D eigenvalue weighted by Gasteiger charge is -2.15. The molecule has 2 rings (SSSR count). The van der Waals surface area contributed by atoms with E-state index in [4.69, 9.17) is 27.4 Å². The van der Waals surface area contributed by atoms with Crippen LogP contribution in [0.4, 0.5) is 5.69 Å². The minimum Gasteiger partial charge on any atom is -0.497 e. The zero-order chi connectivity index (χ0) is 13.0. The van der Waals surface area contributed by atoms with Gasteiger partial charge in [-0.05, 0) is 25.0 Å². The molecule has 0 amide bonds. The van der Waals surface area contributed by atoms with Crippen molar-refractivity contribution in [2.75, 3.05) is 25.6 Å². The smallest absolute Gasteiger partial charge is 0.120 e. The van der Waals surface area contributed by atoms with E-state index in [1.807, 2.05) is 18.2 Å². The van der Waals surface area contributed by atoms with Gasteiger partial charge in [0.2, 0.25) is 0 Å². The van der Waals surface area contributed by atoms with Crippen LogP contribution in [-0.2, 0) is 4.74 Å². The van der Waals surface area contributed by atoms with Crippen molar-refractivity contribution >= 4 is 22.9 Å². The number of ether oxygens (including phenoxy) is 2. The number of hydrogen-bond acceptors (Lipinski definition) is 4. The predicted octanol–water partition coefficient (Wildman–Crippen LogP) is 1.92. The van der Waals surface area contributed by atoms with E-state index in [1.54, 1.807) is 7.11 Å². The standard InChI is InChI=1S/C13H18N2O2S/c1-16-9-4-5-11(13(14)18)12(7-9)15-8-10-3-2-6-17-10/h4-5,7,10,15H,2-3,6,8H2,1H3,(H2,14,18). The van der Waals surface area contributed by atoms with Gasteiger partial charge in [0.25, 0.3) is 0 Å². The molecule has 3 N–H and O–H groups in total. The van der Waals surface area contributed by atoms with Crippen molar-refractivity contribution in [1.82, 2.24) is 0 Å². The topological polar surface area (TPSA) is 56.5 Å². The summed E-state index contributed by atoms with van der Waals surface area (Å²) in [6.07, 6.45) is 2.50. The van der Waals surface area contributed by atoms with Crippen LogP contribution in [0.2, 0.25) is 0 Å². The van der Waals surface area contributed by atoms with E-state index >= 15 is 0 Å². The van der Waals surface area contributed by atoms with Gasteiger partial charge in [-0.2, -0.15) is 0 Å². The highest BCUT2D eigenvalue weighted by Crippen LogP contribution is 2.23. The first-order chi connectivity index (χ1) is 8.70. The molecule has 4 nitrogen and oxygen atoms in total. The summed E-state index contributed by atoms with van der Waals surface area (Å²) in [5.41, 5.74) is 7.45. The van der Waals surface area contributed by atoms with Gasteiger partial charge in [0, 0.05) is 30.5 Å². The molecule has 0 spiro atoms. The van der Waals surface area contributed by atoms with Gasteiger partial charge in [0.1, 0.15) is 10.7 Å². The van der Waals surface area contributed by atoms with Gasteiger partial charge in [-0.15, -0.1) is 0 Å². The van der Waals surface area contributed by atoms with Gasteiger partial charge in [0.15, 0.2) is 0 Å². The zero-order valence-corrected chi connectivity index (χ0v) is 11.3. The average Bonchev–Trinajstić information content (AvgIpc) is 2.88. The summed E-state index contributed by atoms with van der Waals surface area (Å²) in [5, 5.41) is 3.34. The van der Waals surface area contributed by atoms with Crippen LogP contribution < -0.4 is 15.8 Å². The molecule has 1 aliphatic rings. The van der Waals surface area contributed by atoms with Gasteiger partial charge in [-0.3, -0.25) is 0 Å². The number of rotatable bonds is 5. The van der Waals surface area contributed by atoms with E-state index in [9.17, 15) is 0 Å². The largest absolute Gasteiger partial charge is 0.497 e. The molecule has 1 unspecified atom stereocenters. The Hall–Kier alpha value is -1.33. The van der Waals surface area contributed by atoms with Crippen LogP contribution in [0, 0.1) is 0 Å². The molecule has 5 heteroatoms. The number of thiocarbonyl (C=S) groups is 1. The quantitative estimate of drug-likeness (QED) is 0.797. The van der Waals surface area contributed by atoms with Gasteiger partial charge < -0.3 is 20.5 Å². The van der Waals surface area contributed by atoms with E-state index in [0.717, 1.165) is 43.0 Å². The maximum atomic E-state index is 5.71. The second-order valence-corrected chi connectivity index (χ2v) is 4.73. The average molecular weight is 266 g/mol. The summed E-state index contributed by atoms with van der Waals surface area (Å²) < 4.78 is 10.8. The van der Waals surface area contributed by atoms with E-state index in [0.29, 0.717) is 4.99 Å². The van der Waals surface area contributed by atoms with E-state index < -0.39 is 0 Å². The second-order valence-electron chi connectivity index (χ2n) is 4.29. The molecule has 18 heavy (non-hydrogen) atoms. The number of nitrogens with one attached hydrogen (secondary N) is 1. The molecule has 0 radical (unpaired) electrons. The molecule has 1 aromatic carbocycles. The third kappa shape index (κ3) is 3.11. The molecule has 0 bridgehead atoms. The second kappa shape index (κ2) is 6.02. The van der Waals surface area contributed by atoms with Crippen molar-refractivity contribution < 1.29 is 9.47 Å². The molecule has 1 saturated heterocycles. The fraction of sp³-hybridized carbons (Fsp3) is 0.462. The molecular weight excluding hydrogens is 248 g/mol. The Morgan fingerprint density at radius 1 is 1.61 bits per heavy atom. The van der Waals surface area contributed by atoms with Gasteiger partial charge >= 0.3 is 0 Å². The molecule has 1 aliphatic heterocycles. The third-order valence-electron chi connectivity index (χ3n) is 3.04. The summed E-state index contributed by atoms with van der Waals surface area (Å²) >= 11 is 5.04. The zero-order valence-electron chi connectivity index (χ0n) is 10.4. The van der Waals surface area contributed by atoms with Crippen LogP contribution in [0.25, 0.3) is 0 Å². The van der Waals surface area contributed by atoms with Crippen molar-refractivity contribution in [2.45, 2.75) is 18.9 Å². The Morgan fingerprint density at radius 3 is 3.06 bits per heavy atom. The van der Waals surface area contributed by atoms with Gasteiger partial charge in [-0.25, -0.2) is 0 Å². The van der Waals surface area contributed by atoms with Gasteiger partial charge in [-0.1, -0.05) is 12.2 Å². The normalized spacial score (nSPS) is 18.6. The van der Waals surface area contributed by atoms with Crippen molar-refractivity contribution in [3.8, 4) is 5.75 Å². The van der Waals surface area contributed by atoms with Crippen molar-refractivity contribution in [2.24, 2.45) is 5.73 Å². The Morgan fingerprint density at radius 2 is 2.44 bits per heavy atom. The molecule has 1 aromatic rings. The fourth-order valence-electron chi connectivity index (χ4n) is 2.04. The fourth-order valence-corrected chi connectivity index (χ4v) is 2.22. The first kappa shape index (κ1) is 13.1. The van der Waals surface area contributed by atoms with Crippen molar-refractivity contribution in [3.63, 3.8) is 0 Å². The lowest BCUT2D eigenvalue weighted by atomic mass is 10.1. The molecule has 0 aliphatic carbocycles. The highest BCUT2D eigenvalue weighted by Gasteiger charge is 2.16. The summed E-state index contributed by atoms with van der Waals surface area (Å²) in [6, 6.07) is 5.63. The molecule has 0 aromatic heterocycles. The van der Waals surface area contributed by atoms with Crippen LogP contribution in [0.15, 0.2) is 18.2 Å². The Balaban J connectivity index is 2.10. The first-order valence-electron chi connectivity index (χ1n) is 6.04. The number of hydrogen-bond donors (Lipinski definition) is 2. The summed E-state index contributed by atoms with van der Waals surface area (Å²) in [6.45, 7) is 1.62. The maximum absolute atomic E-state index is 5.71. The van der Waals surface area contributed by atoms with Crippen molar-refractivity contribution in [3.05, 3.63) is 23.8 Å². The lowest BCUT2D eigenvalue weighted by molar-refractivity contribution is 0.120. The highest BCUT2D eigenvalue weighted by atomic mass is 32.1. The number of methoxy groups -OCH3 is 1. The van der Waals surface area contributed by atoms with Gasteiger partial charge in [0.05, 0.1) is 13.2 Å². The first-order valence-corrected chi connectivity index (χ1v) is 6.45. The Bertz CT molecular complexity index is 431. The number of anilines is 1.